The van der Waals surface area contributed by atoms with Gasteiger partial charge in [-0.05, 0) is 30.1 Å². The number of hydrogen-bond acceptors (Lipinski definition) is 2. The molecule has 0 heterocycles. The van der Waals surface area contributed by atoms with Crippen LogP contribution >= 0.6 is 0 Å². The number of rotatable bonds is 20. The SMILES string of the molecule is C=C(COCCCCCCCCCCCCCCCC)CO[Si](C)(C)C(C)(C)C. The van der Waals surface area contributed by atoms with Crippen LogP contribution in [-0.4, -0.2) is 28.1 Å². The molecule has 0 aliphatic rings. The van der Waals surface area contributed by atoms with Crippen molar-refractivity contribution >= 4 is 8.32 Å². The summed E-state index contributed by atoms with van der Waals surface area (Å²) in [4.78, 5) is 0. The molecule has 0 bridgehead atoms. The van der Waals surface area contributed by atoms with E-state index >= 15 is 0 Å². The normalized spacial score (nSPS) is 12.5. The molecular weight excluding hydrogens is 372 g/mol. The second-order valence-corrected chi connectivity index (χ2v) is 15.3. The summed E-state index contributed by atoms with van der Waals surface area (Å²) in [6.07, 6.45) is 19.5. The highest BCUT2D eigenvalue weighted by Crippen LogP contribution is 2.36. The average molecular weight is 427 g/mol. The summed E-state index contributed by atoms with van der Waals surface area (Å²) in [6.45, 7) is 20.0. The standard InChI is InChI=1S/C26H54O2Si/c1-8-9-10-11-12-13-14-15-16-17-18-19-20-21-22-27-23-25(2)24-28-29(6,7)26(3,4)5/h2,8-24H2,1,3-7H3. The van der Waals surface area contributed by atoms with Crippen LogP contribution in [0, 0.1) is 0 Å². The maximum atomic E-state index is 6.19. The quantitative estimate of drug-likeness (QED) is 0.110. The van der Waals surface area contributed by atoms with Gasteiger partial charge in [-0.25, -0.2) is 0 Å². The Morgan fingerprint density at radius 2 is 1.10 bits per heavy atom. The molecule has 0 aromatic rings. The van der Waals surface area contributed by atoms with Gasteiger partial charge in [0.25, 0.3) is 0 Å². The minimum atomic E-state index is -1.68. The minimum absolute atomic E-state index is 0.252. The van der Waals surface area contributed by atoms with Gasteiger partial charge in [0, 0.05) is 6.61 Å². The predicted octanol–water partition coefficient (Wildman–Crippen LogP) is 9.06. The highest BCUT2D eigenvalue weighted by atomic mass is 28.4. The van der Waals surface area contributed by atoms with Crippen LogP contribution in [0.4, 0.5) is 0 Å². The largest absolute Gasteiger partial charge is 0.413 e. The van der Waals surface area contributed by atoms with E-state index < -0.39 is 8.32 Å². The molecule has 174 valence electrons. The van der Waals surface area contributed by atoms with E-state index in [0.29, 0.717) is 13.2 Å². The second kappa shape index (κ2) is 17.5. The molecule has 0 aliphatic heterocycles. The zero-order valence-electron chi connectivity index (χ0n) is 21.0. The van der Waals surface area contributed by atoms with Crippen LogP contribution in [0.1, 0.15) is 118 Å². The molecule has 0 aromatic heterocycles. The molecule has 0 aromatic carbocycles. The highest BCUT2D eigenvalue weighted by Gasteiger charge is 2.37. The first-order chi connectivity index (χ1) is 13.7. The molecule has 0 radical (unpaired) electrons. The molecule has 0 unspecified atom stereocenters. The van der Waals surface area contributed by atoms with E-state index in [1.165, 1.54) is 89.9 Å². The van der Waals surface area contributed by atoms with Crippen molar-refractivity contribution in [3.8, 4) is 0 Å². The maximum Gasteiger partial charge on any atom is 0.192 e. The van der Waals surface area contributed by atoms with E-state index in [1.54, 1.807) is 0 Å². The van der Waals surface area contributed by atoms with Crippen molar-refractivity contribution in [3.63, 3.8) is 0 Å². The Labute approximate surface area is 185 Å². The number of unbranched alkanes of at least 4 members (excludes halogenated alkanes) is 13. The zero-order chi connectivity index (χ0) is 22.0. The molecular formula is C26H54O2Si. The molecule has 0 spiro atoms. The number of ether oxygens (including phenoxy) is 1. The van der Waals surface area contributed by atoms with Crippen LogP contribution in [0.3, 0.4) is 0 Å². The van der Waals surface area contributed by atoms with Gasteiger partial charge < -0.3 is 9.16 Å². The van der Waals surface area contributed by atoms with Gasteiger partial charge in [0.2, 0.25) is 0 Å². The molecule has 0 rings (SSSR count). The lowest BCUT2D eigenvalue weighted by atomic mass is 10.0. The van der Waals surface area contributed by atoms with E-state index in [4.69, 9.17) is 9.16 Å². The van der Waals surface area contributed by atoms with Crippen molar-refractivity contribution in [2.24, 2.45) is 0 Å². The van der Waals surface area contributed by atoms with Gasteiger partial charge in [0.05, 0.1) is 13.2 Å². The third-order valence-corrected chi connectivity index (χ3v) is 10.9. The second-order valence-electron chi connectivity index (χ2n) is 10.4. The fourth-order valence-corrected chi connectivity index (χ4v) is 4.15. The van der Waals surface area contributed by atoms with Gasteiger partial charge in [-0.3, -0.25) is 0 Å². The topological polar surface area (TPSA) is 18.5 Å². The minimum Gasteiger partial charge on any atom is -0.413 e. The van der Waals surface area contributed by atoms with Crippen LogP contribution in [0.15, 0.2) is 12.2 Å². The Kier molecular flexibility index (Phi) is 17.5. The Morgan fingerprint density at radius 3 is 1.52 bits per heavy atom. The molecule has 3 heteroatoms. The van der Waals surface area contributed by atoms with Gasteiger partial charge >= 0.3 is 0 Å². The first-order valence-electron chi connectivity index (χ1n) is 12.6. The van der Waals surface area contributed by atoms with E-state index in [2.05, 4.69) is 47.4 Å². The van der Waals surface area contributed by atoms with Crippen molar-refractivity contribution in [2.75, 3.05) is 19.8 Å². The fourth-order valence-electron chi connectivity index (χ4n) is 3.16. The summed E-state index contributed by atoms with van der Waals surface area (Å²) < 4.78 is 12.0. The van der Waals surface area contributed by atoms with Crippen molar-refractivity contribution < 1.29 is 9.16 Å². The summed E-state index contributed by atoms with van der Waals surface area (Å²) in [5.74, 6) is 0. The van der Waals surface area contributed by atoms with Crippen LogP contribution in [0.5, 0.6) is 0 Å². The van der Waals surface area contributed by atoms with Crippen molar-refractivity contribution in [1.29, 1.82) is 0 Å². The van der Waals surface area contributed by atoms with Crippen LogP contribution < -0.4 is 0 Å². The molecule has 0 N–H and O–H groups in total. The lowest BCUT2D eigenvalue weighted by Gasteiger charge is -2.36. The van der Waals surface area contributed by atoms with Gasteiger partial charge in [-0.1, -0.05) is 118 Å². The van der Waals surface area contributed by atoms with Crippen molar-refractivity contribution in [1.82, 2.24) is 0 Å². The first kappa shape index (κ1) is 28.9. The Bertz CT molecular complexity index is 385. The molecule has 0 saturated carbocycles. The third kappa shape index (κ3) is 17.3. The molecule has 2 nitrogen and oxygen atoms in total. The van der Waals surface area contributed by atoms with Crippen molar-refractivity contribution in [2.45, 2.75) is 136 Å². The summed E-state index contributed by atoms with van der Waals surface area (Å²) in [5.41, 5.74) is 1.07. The monoisotopic (exact) mass is 426 g/mol. The maximum absolute atomic E-state index is 6.19. The summed E-state index contributed by atoms with van der Waals surface area (Å²) in [6, 6.07) is 0. The average Bonchev–Trinajstić information content (AvgIpc) is 2.65. The van der Waals surface area contributed by atoms with Crippen LogP contribution in [0.2, 0.25) is 18.1 Å². The fraction of sp³-hybridized carbons (Fsp3) is 0.923. The van der Waals surface area contributed by atoms with E-state index in [9.17, 15) is 0 Å². The lowest BCUT2D eigenvalue weighted by Crippen LogP contribution is -2.41. The molecule has 0 atom stereocenters. The first-order valence-corrected chi connectivity index (χ1v) is 15.5. The Hall–Kier alpha value is -0.123. The smallest absolute Gasteiger partial charge is 0.192 e. The summed E-state index contributed by atoms with van der Waals surface area (Å²) in [7, 11) is -1.68. The van der Waals surface area contributed by atoms with Crippen LogP contribution in [0.25, 0.3) is 0 Å². The number of hydrogen-bond donors (Lipinski definition) is 0. The predicted molar refractivity (Wildman–Crippen MR) is 133 cm³/mol. The highest BCUT2D eigenvalue weighted by molar-refractivity contribution is 6.74. The molecule has 29 heavy (non-hydrogen) atoms. The Balaban J connectivity index is 3.34. The summed E-state index contributed by atoms with van der Waals surface area (Å²) in [5, 5.41) is 0.252. The van der Waals surface area contributed by atoms with Gasteiger partial charge in [-0.15, -0.1) is 0 Å². The zero-order valence-corrected chi connectivity index (χ0v) is 22.0. The van der Waals surface area contributed by atoms with Crippen molar-refractivity contribution in [3.05, 3.63) is 12.2 Å². The lowest BCUT2D eigenvalue weighted by molar-refractivity contribution is 0.143. The summed E-state index contributed by atoms with van der Waals surface area (Å²) >= 11 is 0. The molecule has 0 aliphatic carbocycles. The van der Waals surface area contributed by atoms with Gasteiger partial charge in [-0.2, -0.15) is 0 Å². The third-order valence-electron chi connectivity index (χ3n) is 6.39. The molecule has 0 fully saturated rings. The molecule has 0 saturated heterocycles. The van der Waals surface area contributed by atoms with E-state index in [0.717, 1.165) is 12.2 Å². The van der Waals surface area contributed by atoms with E-state index in [-0.39, 0.29) is 5.04 Å². The van der Waals surface area contributed by atoms with Crippen LogP contribution in [-0.2, 0) is 9.16 Å². The van der Waals surface area contributed by atoms with E-state index in [1.807, 2.05) is 0 Å². The Morgan fingerprint density at radius 1 is 0.690 bits per heavy atom. The van der Waals surface area contributed by atoms with Gasteiger partial charge in [0.1, 0.15) is 0 Å². The molecule has 0 amide bonds. The van der Waals surface area contributed by atoms with Gasteiger partial charge in [0.15, 0.2) is 8.32 Å².